The highest BCUT2D eigenvalue weighted by atomic mass is 79.9. The molecule has 0 fully saturated rings. The second-order valence-corrected chi connectivity index (χ2v) is 7.28. The van der Waals surface area contributed by atoms with Crippen LogP contribution in [0.15, 0.2) is 36.3 Å². The standard InChI is InChI=1S/C15H16BrN5O5S/c1-7(27-14-13(23)18-15(24)21-20-14)12(22)19-17-6-8-4-9(16)5-10(25-2)11(8)26-3/h4-7H,1-3H3,(H,19,22)(H2,18,21,23,24)/b17-6+. The average molecular weight is 458 g/mol. The molecule has 1 unspecified atom stereocenters. The molecular formula is C15H16BrN5O5S. The van der Waals surface area contributed by atoms with Gasteiger partial charge in [0.1, 0.15) is 0 Å². The predicted molar refractivity (Wildman–Crippen MR) is 104 cm³/mol. The van der Waals surface area contributed by atoms with E-state index >= 15 is 0 Å². The first-order chi connectivity index (χ1) is 12.8. The van der Waals surface area contributed by atoms with E-state index in [0.717, 1.165) is 16.2 Å². The number of aromatic nitrogens is 3. The fourth-order valence-corrected chi connectivity index (χ4v) is 3.15. The van der Waals surface area contributed by atoms with E-state index in [-0.39, 0.29) is 5.03 Å². The van der Waals surface area contributed by atoms with Gasteiger partial charge in [-0.05, 0) is 19.1 Å². The quantitative estimate of drug-likeness (QED) is 0.318. The molecule has 27 heavy (non-hydrogen) atoms. The highest BCUT2D eigenvalue weighted by molar-refractivity contribution is 9.10. The maximum atomic E-state index is 12.1. The number of carbonyl (C=O) groups is 1. The van der Waals surface area contributed by atoms with Gasteiger partial charge in [0.2, 0.25) is 0 Å². The number of ether oxygens (including phenoxy) is 2. The van der Waals surface area contributed by atoms with Crippen LogP contribution in [0.3, 0.4) is 0 Å². The molecule has 1 heterocycles. The van der Waals surface area contributed by atoms with Gasteiger partial charge in [-0.2, -0.15) is 10.2 Å². The lowest BCUT2D eigenvalue weighted by molar-refractivity contribution is -0.120. The molecule has 0 aliphatic carbocycles. The predicted octanol–water partition coefficient (Wildman–Crippen LogP) is 0.869. The lowest BCUT2D eigenvalue weighted by atomic mass is 10.2. The molecule has 1 aromatic carbocycles. The van der Waals surface area contributed by atoms with Gasteiger partial charge in [-0.25, -0.2) is 15.3 Å². The summed E-state index contributed by atoms with van der Waals surface area (Å²) < 4.78 is 11.3. The van der Waals surface area contributed by atoms with Crippen LogP contribution in [0, 0.1) is 0 Å². The number of thioether (sulfide) groups is 1. The molecule has 1 aromatic heterocycles. The summed E-state index contributed by atoms with van der Waals surface area (Å²) in [5.41, 5.74) is 1.58. The van der Waals surface area contributed by atoms with E-state index in [1.54, 1.807) is 19.1 Å². The molecule has 2 rings (SSSR count). The van der Waals surface area contributed by atoms with E-state index in [4.69, 9.17) is 9.47 Å². The summed E-state index contributed by atoms with van der Waals surface area (Å²) in [6.07, 6.45) is 1.41. The van der Waals surface area contributed by atoms with Crippen molar-refractivity contribution in [3.8, 4) is 11.5 Å². The van der Waals surface area contributed by atoms with Crippen LogP contribution in [0.25, 0.3) is 0 Å². The van der Waals surface area contributed by atoms with Gasteiger partial charge >= 0.3 is 5.69 Å². The number of nitrogens with zero attached hydrogens (tertiary/aromatic N) is 2. The van der Waals surface area contributed by atoms with Crippen molar-refractivity contribution in [2.24, 2.45) is 5.10 Å². The van der Waals surface area contributed by atoms with Gasteiger partial charge in [0.05, 0.1) is 25.7 Å². The Hall–Kier alpha value is -2.60. The Kier molecular flexibility index (Phi) is 7.19. The first kappa shape index (κ1) is 20.7. The number of hydrazone groups is 1. The first-order valence-corrected chi connectivity index (χ1v) is 9.13. The van der Waals surface area contributed by atoms with Crippen LogP contribution in [-0.2, 0) is 4.79 Å². The van der Waals surface area contributed by atoms with E-state index in [1.807, 2.05) is 4.98 Å². The number of halogens is 1. The largest absolute Gasteiger partial charge is 0.493 e. The van der Waals surface area contributed by atoms with Crippen LogP contribution in [-0.4, -0.2) is 46.8 Å². The summed E-state index contributed by atoms with van der Waals surface area (Å²) in [5, 5.41) is 8.91. The monoisotopic (exact) mass is 457 g/mol. The number of carbonyl (C=O) groups excluding carboxylic acids is 1. The van der Waals surface area contributed by atoms with E-state index in [9.17, 15) is 14.4 Å². The summed E-state index contributed by atoms with van der Waals surface area (Å²) in [6, 6.07) is 3.49. The van der Waals surface area contributed by atoms with Gasteiger partial charge in [-0.15, -0.1) is 0 Å². The zero-order chi connectivity index (χ0) is 20.0. The maximum Gasteiger partial charge on any atom is 0.342 e. The Morgan fingerprint density at radius 3 is 2.74 bits per heavy atom. The number of aromatic amines is 2. The van der Waals surface area contributed by atoms with Gasteiger partial charge in [0, 0.05) is 10.0 Å². The maximum absolute atomic E-state index is 12.1. The molecule has 0 saturated heterocycles. The van der Waals surface area contributed by atoms with E-state index in [1.165, 1.54) is 20.4 Å². The molecule has 144 valence electrons. The lowest BCUT2D eigenvalue weighted by Gasteiger charge is -2.11. The van der Waals surface area contributed by atoms with E-state index in [2.05, 4.69) is 36.7 Å². The molecule has 3 N–H and O–H groups in total. The van der Waals surface area contributed by atoms with Crippen molar-refractivity contribution in [1.29, 1.82) is 0 Å². The van der Waals surface area contributed by atoms with Crippen molar-refractivity contribution in [1.82, 2.24) is 20.6 Å². The highest BCUT2D eigenvalue weighted by Gasteiger charge is 2.17. The van der Waals surface area contributed by atoms with Crippen molar-refractivity contribution in [2.45, 2.75) is 17.2 Å². The number of benzene rings is 1. The zero-order valence-electron chi connectivity index (χ0n) is 14.5. The number of H-pyrrole nitrogens is 2. The van der Waals surface area contributed by atoms with E-state index in [0.29, 0.717) is 17.1 Å². The van der Waals surface area contributed by atoms with Crippen LogP contribution in [0.5, 0.6) is 11.5 Å². The highest BCUT2D eigenvalue weighted by Crippen LogP contribution is 2.33. The van der Waals surface area contributed by atoms with Crippen LogP contribution >= 0.6 is 27.7 Å². The van der Waals surface area contributed by atoms with Crippen LogP contribution < -0.4 is 26.1 Å². The van der Waals surface area contributed by atoms with E-state index < -0.39 is 22.4 Å². The third kappa shape index (κ3) is 5.44. The number of amides is 1. The number of hydrogen-bond acceptors (Lipinski definition) is 8. The Morgan fingerprint density at radius 2 is 2.11 bits per heavy atom. The van der Waals surface area contributed by atoms with Crippen molar-refractivity contribution in [2.75, 3.05) is 14.2 Å². The molecule has 0 saturated carbocycles. The van der Waals surface area contributed by atoms with Gasteiger partial charge in [-0.3, -0.25) is 14.6 Å². The van der Waals surface area contributed by atoms with Crippen molar-refractivity contribution in [3.05, 3.63) is 43.0 Å². The molecule has 2 aromatic rings. The molecule has 0 radical (unpaired) electrons. The molecule has 1 amide bonds. The van der Waals surface area contributed by atoms with Crippen molar-refractivity contribution >= 4 is 39.8 Å². The third-order valence-electron chi connectivity index (χ3n) is 3.19. The topological polar surface area (TPSA) is 139 Å². The SMILES string of the molecule is COc1cc(Br)cc(/C=N/NC(=O)C(C)Sc2n[nH]c(=O)[nH]c2=O)c1OC. The first-order valence-electron chi connectivity index (χ1n) is 7.45. The molecule has 0 bridgehead atoms. The molecule has 1 atom stereocenters. The smallest absolute Gasteiger partial charge is 0.342 e. The van der Waals surface area contributed by atoms with Gasteiger partial charge in [-0.1, -0.05) is 27.7 Å². The van der Waals surface area contributed by atoms with Crippen LogP contribution in [0.4, 0.5) is 0 Å². The summed E-state index contributed by atoms with van der Waals surface area (Å²) in [5.74, 6) is 0.515. The average Bonchev–Trinajstić information content (AvgIpc) is 2.63. The molecule has 10 nitrogen and oxygen atoms in total. The number of nitrogens with one attached hydrogen (secondary N) is 3. The fraction of sp³-hybridized carbons (Fsp3) is 0.267. The summed E-state index contributed by atoms with van der Waals surface area (Å²) in [4.78, 5) is 36.7. The second kappa shape index (κ2) is 9.37. The minimum absolute atomic E-state index is 0.0281. The lowest BCUT2D eigenvalue weighted by Crippen LogP contribution is -2.30. The summed E-state index contributed by atoms with van der Waals surface area (Å²) >= 11 is 4.24. The number of rotatable bonds is 7. The Morgan fingerprint density at radius 1 is 1.37 bits per heavy atom. The minimum atomic E-state index is -0.718. The third-order valence-corrected chi connectivity index (χ3v) is 4.71. The molecular weight excluding hydrogens is 442 g/mol. The molecule has 0 aliphatic rings. The van der Waals surface area contributed by atoms with Crippen molar-refractivity contribution < 1.29 is 14.3 Å². The zero-order valence-corrected chi connectivity index (χ0v) is 16.9. The normalized spacial score (nSPS) is 12.0. The van der Waals surface area contributed by atoms with Crippen LogP contribution in [0.2, 0.25) is 0 Å². The number of methoxy groups -OCH3 is 2. The summed E-state index contributed by atoms with van der Waals surface area (Å²) in [6.45, 7) is 1.57. The summed E-state index contributed by atoms with van der Waals surface area (Å²) in [7, 11) is 3.01. The molecule has 12 heteroatoms. The Labute approximate surface area is 165 Å². The fourth-order valence-electron chi connectivity index (χ4n) is 1.95. The van der Waals surface area contributed by atoms with Gasteiger partial charge < -0.3 is 9.47 Å². The van der Waals surface area contributed by atoms with Gasteiger partial charge in [0.15, 0.2) is 16.5 Å². The number of hydrogen-bond donors (Lipinski definition) is 3. The van der Waals surface area contributed by atoms with Crippen molar-refractivity contribution in [3.63, 3.8) is 0 Å². The van der Waals surface area contributed by atoms with Crippen LogP contribution in [0.1, 0.15) is 12.5 Å². The Balaban J connectivity index is 2.07. The Bertz CT molecular complexity index is 974. The second-order valence-electron chi connectivity index (χ2n) is 5.04. The molecule has 0 spiro atoms. The van der Waals surface area contributed by atoms with Gasteiger partial charge in [0.25, 0.3) is 11.5 Å². The molecule has 0 aliphatic heterocycles. The minimum Gasteiger partial charge on any atom is -0.493 e.